The Morgan fingerprint density at radius 1 is 1.28 bits per heavy atom. The van der Waals surface area contributed by atoms with Crippen molar-refractivity contribution >= 4 is 12.0 Å². The highest BCUT2D eigenvalue weighted by Gasteiger charge is 2.40. The van der Waals surface area contributed by atoms with Crippen molar-refractivity contribution in [3.05, 3.63) is 58.4 Å². The molecule has 2 aliphatic rings. The zero-order chi connectivity index (χ0) is 17.6. The van der Waals surface area contributed by atoms with Gasteiger partial charge in [0.05, 0.1) is 5.69 Å². The van der Waals surface area contributed by atoms with Crippen LogP contribution in [0.5, 0.6) is 0 Å². The average Bonchev–Trinajstić information content (AvgIpc) is 3.16. The SMILES string of the molecule is Cc1n[nH]c(C)c1C(N)C(=O)N1CCC2(C=Cc3ccccc32)CC1. The normalized spacial score (nSPS) is 19.2. The predicted molar refractivity (Wildman–Crippen MR) is 98.0 cm³/mol. The number of amides is 1. The molecule has 3 N–H and O–H groups in total. The molecule has 1 saturated heterocycles. The van der Waals surface area contributed by atoms with Crippen molar-refractivity contribution < 1.29 is 4.79 Å². The first-order chi connectivity index (χ1) is 12.0. The average molecular weight is 336 g/mol. The van der Waals surface area contributed by atoms with Crippen molar-refractivity contribution in [3.63, 3.8) is 0 Å². The van der Waals surface area contributed by atoms with Crippen molar-refractivity contribution in [1.82, 2.24) is 15.1 Å². The van der Waals surface area contributed by atoms with E-state index < -0.39 is 6.04 Å². The Bertz CT molecular complexity index is 824. The number of rotatable bonds is 2. The molecule has 5 nitrogen and oxygen atoms in total. The number of fused-ring (bicyclic) bond motifs is 2. The third kappa shape index (κ3) is 2.50. The van der Waals surface area contributed by atoms with E-state index >= 15 is 0 Å². The molecule has 130 valence electrons. The molecule has 1 aromatic heterocycles. The van der Waals surface area contributed by atoms with Gasteiger partial charge >= 0.3 is 0 Å². The molecule has 1 atom stereocenters. The number of hydrogen-bond acceptors (Lipinski definition) is 3. The smallest absolute Gasteiger partial charge is 0.244 e. The van der Waals surface area contributed by atoms with E-state index in [4.69, 9.17) is 5.73 Å². The maximum absolute atomic E-state index is 12.9. The van der Waals surface area contributed by atoms with E-state index in [0.29, 0.717) is 0 Å². The van der Waals surface area contributed by atoms with Gasteiger partial charge in [-0.3, -0.25) is 9.89 Å². The number of aromatic nitrogens is 2. The number of aromatic amines is 1. The summed E-state index contributed by atoms with van der Waals surface area (Å²) in [4.78, 5) is 14.8. The lowest BCUT2D eigenvalue weighted by Gasteiger charge is -2.40. The number of nitrogens with one attached hydrogen (secondary N) is 1. The second kappa shape index (κ2) is 5.85. The molecule has 0 bridgehead atoms. The zero-order valence-electron chi connectivity index (χ0n) is 14.7. The molecule has 1 aromatic carbocycles. The van der Waals surface area contributed by atoms with E-state index in [2.05, 4.69) is 46.6 Å². The first-order valence-electron chi connectivity index (χ1n) is 8.86. The topological polar surface area (TPSA) is 75.0 Å². The van der Waals surface area contributed by atoms with Crippen LogP contribution in [0.4, 0.5) is 0 Å². The highest BCUT2D eigenvalue weighted by atomic mass is 16.2. The Balaban J connectivity index is 1.50. The molecule has 1 aliphatic heterocycles. The van der Waals surface area contributed by atoms with Gasteiger partial charge in [0.15, 0.2) is 0 Å². The molecule has 1 unspecified atom stereocenters. The van der Waals surface area contributed by atoms with E-state index in [9.17, 15) is 4.79 Å². The fourth-order valence-corrected chi connectivity index (χ4v) is 4.33. The van der Waals surface area contributed by atoms with E-state index in [0.717, 1.165) is 42.9 Å². The van der Waals surface area contributed by atoms with Crippen LogP contribution in [0.15, 0.2) is 30.3 Å². The maximum Gasteiger partial charge on any atom is 0.244 e. The first-order valence-corrected chi connectivity index (χ1v) is 8.86. The quantitative estimate of drug-likeness (QED) is 0.885. The molecule has 25 heavy (non-hydrogen) atoms. The molecule has 5 heteroatoms. The second-order valence-corrected chi connectivity index (χ2v) is 7.23. The lowest BCUT2D eigenvalue weighted by Crippen LogP contribution is -2.47. The number of allylic oxidation sites excluding steroid dienone is 1. The van der Waals surface area contributed by atoms with Crippen LogP contribution in [0.25, 0.3) is 6.08 Å². The van der Waals surface area contributed by atoms with Gasteiger partial charge in [-0.25, -0.2) is 0 Å². The van der Waals surface area contributed by atoms with Crippen LogP contribution in [0.3, 0.4) is 0 Å². The van der Waals surface area contributed by atoms with Crippen LogP contribution in [0.2, 0.25) is 0 Å². The van der Waals surface area contributed by atoms with Crippen LogP contribution in [0, 0.1) is 13.8 Å². The highest BCUT2D eigenvalue weighted by molar-refractivity contribution is 5.84. The molecule has 1 fully saturated rings. The molecule has 0 saturated carbocycles. The van der Waals surface area contributed by atoms with Gasteiger partial charge in [-0.1, -0.05) is 36.4 Å². The molecule has 0 radical (unpaired) electrons. The van der Waals surface area contributed by atoms with E-state index in [1.807, 2.05) is 18.7 Å². The van der Waals surface area contributed by atoms with Gasteiger partial charge < -0.3 is 10.6 Å². The van der Waals surface area contributed by atoms with Gasteiger partial charge in [-0.05, 0) is 37.8 Å². The number of nitrogens with two attached hydrogens (primary N) is 1. The fraction of sp³-hybridized carbons (Fsp3) is 0.400. The number of carbonyl (C=O) groups is 1. The highest BCUT2D eigenvalue weighted by Crippen LogP contribution is 2.43. The molecule has 1 amide bonds. The van der Waals surface area contributed by atoms with Crippen molar-refractivity contribution in [2.24, 2.45) is 5.73 Å². The van der Waals surface area contributed by atoms with Gasteiger partial charge in [-0.15, -0.1) is 0 Å². The Hall–Kier alpha value is -2.40. The summed E-state index contributed by atoms with van der Waals surface area (Å²) >= 11 is 0. The van der Waals surface area contributed by atoms with Crippen molar-refractivity contribution in [2.75, 3.05) is 13.1 Å². The van der Waals surface area contributed by atoms with Crippen LogP contribution in [0.1, 0.15) is 47.0 Å². The minimum atomic E-state index is -0.640. The number of H-pyrrole nitrogens is 1. The summed E-state index contributed by atoms with van der Waals surface area (Å²) in [6.45, 7) is 5.27. The summed E-state index contributed by atoms with van der Waals surface area (Å²) < 4.78 is 0. The number of likely N-dealkylation sites (tertiary alicyclic amines) is 1. The Morgan fingerprint density at radius 2 is 2.00 bits per heavy atom. The summed E-state index contributed by atoms with van der Waals surface area (Å²) in [7, 11) is 0. The van der Waals surface area contributed by atoms with Crippen LogP contribution < -0.4 is 5.73 Å². The summed E-state index contributed by atoms with van der Waals surface area (Å²) in [6.07, 6.45) is 6.44. The molecular weight excluding hydrogens is 312 g/mol. The summed E-state index contributed by atoms with van der Waals surface area (Å²) in [5.41, 5.74) is 11.6. The van der Waals surface area contributed by atoms with E-state index in [1.165, 1.54) is 11.1 Å². The summed E-state index contributed by atoms with van der Waals surface area (Å²) in [5, 5.41) is 7.08. The van der Waals surface area contributed by atoms with Gasteiger partial charge in [-0.2, -0.15) is 5.10 Å². The van der Waals surface area contributed by atoms with Crippen LogP contribution in [-0.4, -0.2) is 34.1 Å². The Kier molecular flexibility index (Phi) is 3.76. The maximum atomic E-state index is 12.9. The monoisotopic (exact) mass is 336 g/mol. The van der Waals surface area contributed by atoms with Gasteiger partial charge in [0.2, 0.25) is 5.91 Å². The lowest BCUT2D eigenvalue weighted by molar-refractivity contribution is -0.134. The van der Waals surface area contributed by atoms with Crippen LogP contribution >= 0.6 is 0 Å². The summed E-state index contributed by atoms with van der Waals surface area (Å²) in [6, 6.07) is 7.93. The molecule has 4 rings (SSSR count). The number of carbonyl (C=O) groups excluding carboxylic acids is 1. The lowest BCUT2D eigenvalue weighted by atomic mass is 9.74. The minimum Gasteiger partial charge on any atom is -0.341 e. The summed E-state index contributed by atoms with van der Waals surface area (Å²) in [5.74, 6) is -0.00212. The zero-order valence-corrected chi connectivity index (χ0v) is 14.7. The molecule has 1 aliphatic carbocycles. The number of aryl methyl sites for hydroxylation is 2. The van der Waals surface area contributed by atoms with Crippen LogP contribution in [-0.2, 0) is 10.2 Å². The predicted octanol–water partition coefficient (Wildman–Crippen LogP) is 2.61. The fourth-order valence-electron chi connectivity index (χ4n) is 4.33. The van der Waals surface area contributed by atoms with E-state index in [1.54, 1.807) is 0 Å². The van der Waals surface area contributed by atoms with Crippen molar-refractivity contribution in [2.45, 2.75) is 38.1 Å². The van der Waals surface area contributed by atoms with Crippen molar-refractivity contribution in [1.29, 1.82) is 0 Å². The van der Waals surface area contributed by atoms with Crippen molar-refractivity contribution in [3.8, 4) is 0 Å². The largest absolute Gasteiger partial charge is 0.341 e. The number of benzene rings is 1. The number of hydrogen-bond donors (Lipinski definition) is 2. The number of nitrogens with zero attached hydrogens (tertiary/aromatic N) is 2. The second-order valence-electron chi connectivity index (χ2n) is 7.23. The van der Waals surface area contributed by atoms with Gasteiger partial charge in [0, 0.05) is 29.8 Å². The van der Waals surface area contributed by atoms with E-state index in [-0.39, 0.29) is 11.3 Å². The number of piperidine rings is 1. The van der Waals surface area contributed by atoms with Gasteiger partial charge in [0.1, 0.15) is 6.04 Å². The Labute approximate surface area is 147 Å². The standard InChI is InChI=1S/C20H24N4O/c1-13-17(14(2)23-22-13)18(21)19(25)24-11-9-20(10-12-24)8-7-15-5-3-4-6-16(15)20/h3-8,18H,9-12,21H2,1-2H3,(H,22,23). The third-order valence-electron chi connectivity index (χ3n) is 5.81. The molecule has 2 heterocycles. The molecular formula is C20H24N4O. The van der Waals surface area contributed by atoms with Gasteiger partial charge in [0.25, 0.3) is 0 Å². The molecule has 2 aromatic rings. The molecule has 1 spiro atoms. The first kappa shape index (κ1) is 16.1. The third-order valence-corrected chi connectivity index (χ3v) is 5.81. The minimum absolute atomic E-state index is 0.00212. The Morgan fingerprint density at radius 3 is 2.68 bits per heavy atom.